The molecule has 2 heterocycles. The van der Waals surface area contributed by atoms with E-state index < -0.39 is 0 Å². The molecule has 0 N–H and O–H groups in total. The molecule has 3 aromatic carbocycles. The molecule has 0 fully saturated rings. The summed E-state index contributed by atoms with van der Waals surface area (Å²) in [5.41, 5.74) is 6.54. The van der Waals surface area contributed by atoms with Crippen molar-refractivity contribution < 1.29 is 4.42 Å². The third-order valence-electron chi connectivity index (χ3n) is 4.78. The Hall–Kier alpha value is -3.90. The molecule has 0 saturated heterocycles. The van der Waals surface area contributed by atoms with E-state index in [1.165, 1.54) is 5.56 Å². The Balaban J connectivity index is 1.71. The van der Waals surface area contributed by atoms with E-state index in [4.69, 9.17) is 9.68 Å². The Labute approximate surface area is 156 Å². The van der Waals surface area contributed by atoms with Crippen molar-refractivity contribution in [2.24, 2.45) is 0 Å². The number of benzene rings is 3. The molecule has 5 rings (SSSR count). The number of fused-ring (bicyclic) bond motifs is 3. The van der Waals surface area contributed by atoms with Crippen LogP contribution in [0.15, 0.2) is 89.6 Å². The summed E-state index contributed by atoms with van der Waals surface area (Å²) in [4.78, 5) is 4.17. The Bertz CT molecular complexity index is 1330. The van der Waals surface area contributed by atoms with E-state index in [-0.39, 0.29) is 0 Å². The Morgan fingerprint density at radius 3 is 2.00 bits per heavy atom. The first kappa shape index (κ1) is 15.4. The first-order chi connectivity index (χ1) is 13.3. The van der Waals surface area contributed by atoms with Gasteiger partial charge in [0, 0.05) is 28.7 Å². The van der Waals surface area contributed by atoms with Gasteiger partial charge in [0.2, 0.25) is 0 Å². The Kier molecular flexibility index (Phi) is 3.48. The van der Waals surface area contributed by atoms with Crippen LogP contribution in [0, 0.1) is 11.3 Å². The van der Waals surface area contributed by atoms with E-state index in [0.29, 0.717) is 5.56 Å². The highest BCUT2D eigenvalue weighted by Gasteiger charge is 2.10. The molecule has 3 heteroatoms. The first-order valence-corrected chi connectivity index (χ1v) is 8.69. The fourth-order valence-electron chi connectivity index (χ4n) is 3.43. The maximum Gasteiger partial charge on any atom is 0.135 e. The second-order valence-electron chi connectivity index (χ2n) is 6.46. The maximum absolute atomic E-state index is 9.12. The average molecular weight is 346 g/mol. The Morgan fingerprint density at radius 1 is 0.667 bits per heavy atom. The molecule has 0 radical (unpaired) electrons. The summed E-state index contributed by atoms with van der Waals surface area (Å²) in [6.07, 6.45) is 3.35. The summed E-state index contributed by atoms with van der Waals surface area (Å²) >= 11 is 0. The van der Waals surface area contributed by atoms with Gasteiger partial charge in [-0.25, -0.2) is 0 Å². The zero-order valence-corrected chi connectivity index (χ0v) is 14.4. The van der Waals surface area contributed by atoms with Crippen LogP contribution >= 0.6 is 0 Å². The fourth-order valence-corrected chi connectivity index (χ4v) is 3.43. The molecule has 0 spiro atoms. The van der Waals surface area contributed by atoms with Crippen molar-refractivity contribution in [2.45, 2.75) is 0 Å². The summed E-state index contributed by atoms with van der Waals surface area (Å²) in [6, 6.07) is 26.7. The molecule has 3 nitrogen and oxygen atoms in total. The van der Waals surface area contributed by atoms with Gasteiger partial charge in [0.15, 0.2) is 0 Å². The molecular formula is C24H14N2O. The zero-order valence-electron chi connectivity index (χ0n) is 14.4. The molecule has 126 valence electrons. The molecule has 0 atom stereocenters. The minimum absolute atomic E-state index is 0.552. The molecule has 0 saturated carbocycles. The lowest BCUT2D eigenvalue weighted by molar-refractivity contribution is 0.669. The molecule has 2 aromatic heterocycles. The molecule has 27 heavy (non-hydrogen) atoms. The first-order valence-electron chi connectivity index (χ1n) is 8.69. The van der Waals surface area contributed by atoms with Crippen LogP contribution in [-0.2, 0) is 0 Å². The van der Waals surface area contributed by atoms with E-state index in [2.05, 4.69) is 41.4 Å². The monoisotopic (exact) mass is 346 g/mol. The van der Waals surface area contributed by atoms with Crippen LogP contribution in [0.1, 0.15) is 5.56 Å². The summed E-state index contributed by atoms with van der Waals surface area (Å²) in [7, 11) is 0. The van der Waals surface area contributed by atoms with Crippen molar-refractivity contribution >= 4 is 21.9 Å². The second-order valence-corrected chi connectivity index (χ2v) is 6.46. The minimum atomic E-state index is 0.552. The number of nitrogens with zero attached hydrogens (tertiary/aromatic N) is 2. The molecule has 0 amide bonds. The van der Waals surface area contributed by atoms with Crippen LogP contribution in [0.5, 0.6) is 0 Å². The lowest BCUT2D eigenvalue weighted by atomic mass is 10.0. The van der Waals surface area contributed by atoms with Crippen molar-refractivity contribution in [2.75, 3.05) is 0 Å². The number of rotatable bonds is 2. The zero-order chi connectivity index (χ0) is 18.2. The van der Waals surface area contributed by atoms with Gasteiger partial charge >= 0.3 is 0 Å². The van der Waals surface area contributed by atoms with Gasteiger partial charge in [-0.1, -0.05) is 42.5 Å². The molecule has 0 aliphatic heterocycles. The van der Waals surface area contributed by atoms with Gasteiger partial charge in [0.1, 0.15) is 17.2 Å². The van der Waals surface area contributed by atoms with Gasteiger partial charge in [-0.05, 0) is 47.0 Å². The van der Waals surface area contributed by atoms with Crippen molar-refractivity contribution in [3.63, 3.8) is 0 Å². The quantitative estimate of drug-likeness (QED) is 0.383. The van der Waals surface area contributed by atoms with Gasteiger partial charge in [-0.2, -0.15) is 5.26 Å². The number of aromatic nitrogens is 1. The number of hydrogen-bond acceptors (Lipinski definition) is 3. The van der Waals surface area contributed by atoms with Gasteiger partial charge in [0.05, 0.1) is 5.56 Å². The minimum Gasteiger partial charge on any atom is -0.456 e. The van der Waals surface area contributed by atoms with Crippen molar-refractivity contribution in [3.05, 3.63) is 90.8 Å². The van der Waals surface area contributed by atoms with Gasteiger partial charge < -0.3 is 4.42 Å². The summed E-state index contributed by atoms with van der Waals surface area (Å²) < 4.78 is 6.01. The number of furan rings is 1. The third kappa shape index (κ3) is 2.65. The normalized spacial score (nSPS) is 10.9. The number of pyridine rings is 1. The van der Waals surface area contributed by atoms with Crippen molar-refractivity contribution in [3.8, 4) is 28.3 Å². The number of hydrogen-bond donors (Lipinski definition) is 0. The van der Waals surface area contributed by atoms with E-state index in [1.807, 2.05) is 42.5 Å². The molecule has 5 aromatic rings. The Morgan fingerprint density at radius 2 is 1.33 bits per heavy atom. The van der Waals surface area contributed by atoms with E-state index in [1.54, 1.807) is 12.4 Å². The average Bonchev–Trinajstić information content (AvgIpc) is 3.11. The predicted octanol–water partition coefficient (Wildman–Crippen LogP) is 6.19. The summed E-state index contributed by atoms with van der Waals surface area (Å²) in [5, 5.41) is 11.3. The fraction of sp³-hybridized carbons (Fsp3) is 0. The number of nitriles is 1. The molecule has 0 unspecified atom stereocenters. The van der Waals surface area contributed by atoms with Crippen LogP contribution < -0.4 is 0 Å². The van der Waals surface area contributed by atoms with Crippen molar-refractivity contribution in [1.29, 1.82) is 5.26 Å². The lowest BCUT2D eigenvalue weighted by Crippen LogP contribution is -1.83. The van der Waals surface area contributed by atoms with Crippen molar-refractivity contribution in [1.82, 2.24) is 4.98 Å². The topological polar surface area (TPSA) is 49.8 Å². The summed E-state index contributed by atoms with van der Waals surface area (Å²) in [5.74, 6) is 0. The summed E-state index contributed by atoms with van der Waals surface area (Å²) in [6.45, 7) is 0. The highest BCUT2D eigenvalue weighted by molar-refractivity contribution is 6.07. The van der Waals surface area contributed by atoms with Crippen LogP contribution in [0.3, 0.4) is 0 Å². The van der Waals surface area contributed by atoms with E-state index in [0.717, 1.165) is 38.6 Å². The predicted molar refractivity (Wildman–Crippen MR) is 107 cm³/mol. The standard InChI is InChI=1S/C24H14N2O/c25-13-16-10-20(15-26-14-16)19-7-9-24-22(12-19)21-11-18(6-8-23(21)27-24)17-4-2-1-3-5-17/h1-12,14-15H. The molecule has 0 aliphatic carbocycles. The lowest BCUT2D eigenvalue weighted by Gasteiger charge is -2.03. The van der Waals surface area contributed by atoms with E-state index >= 15 is 0 Å². The van der Waals surface area contributed by atoms with Crippen LogP contribution in [-0.4, -0.2) is 4.98 Å². The van der Waals surface area contributed by atoms with E-state index in [9.17, 15) is 0 Å². The largest absolute Gasteiger partial charge is 0.456 e. The SMILES string of the molecule is N#Cc1cncc(-c2ccc3oc4ccc(-c5ccccc5)cc4c3c2)c1. The second kappa shape index (κ2) is 6.12. The van der Waals surface area contributed by atoms with Crippen LogP contribution in [0.25, 0.3) is 44.2 Å². The van der Waals surface area contributed by atoms with Crippen LogP contribution in [0.2, 0.25) is 0 Å². The van der Waals surface area contributed by atoms with Gasteiger partial charge in [0.25, 0.3) is 0 Å². The molecule has 0 bridgehead atoms. The highest BCUT2D eigenvalue weighted by Crippen LogP contribution is 2.34. The van der Waals surface area contributed by atoms with Crippen LogP contribution in [0.4, 0.5) is 0 Å². The van der Waals surface area contributed by atoms with Gasteiger partial charge in [-0.15, -0.1) is 0 Å². The molecule has 0 aliphatic rings. The third-order valence-corrected chi connectivity index (χ3v) is 4.78. The smallest absolute Gasteiger partial charge is 0.135 e. The molecular weight excluding hydrogens is 332 g/mol. The maximum atomic E-state index is 9.12. The highest BCUT2D eigenvalue weighted by atomic mass is 16.3. The van der Waals surface area contributed by atoms with Gasteiger partial charge in [-0.3, -0.25) is 4.98 Å².